The molecule has 0 aromatic heterocycles. The number of hydrogen-bond acceptors (Lipinski definition) is 12. The molecule has 0 heterocycles. The number of esters is 2. The van der Waals surface area contributed by atoms with Gasteiger partial charge in [-0.3, -0.25) is 9.59 Å². The molecule has 46 heavy (non-hydrogen) atoms. The van der Waals surface area contributed by atoms with Crippen LogP contribution in [0.25, 0.3) is 0 Å². The van der Waals surface area contributed by atoms with E-state index < -0.39 is 46.8 Å². The lowest BCUT2D eigenvalue weighted by Gasteiger charge is -2.16. The first-order valence-electron chi connectivity index (χ1n) is 13.4. The SMILES string of the molecule is C=CCOC(=O)CCC(C)(C#N)N=NC(C)(C)C#N.CC(C)(C#N)N=NC(C)(C#N)CCC(=O)OCCC[Si](Cl)(Cl)Cl.Cl[SiH](Cl)Cl. The van der Waals surface area contributed by atoms with Gasteiger partial charge in [-0.15, -0.1) is 66.5 Å². The van der Waals surface area contributed by atoms with E-state index in [0.29, 0.717) is 12.5 Å². The molecule has 0 rings (SSSR count). The topological polar surface area (TPSA) is 197 Å². The van der Waals surface area contributed by atoms with Gasteiger partial charge in [-0.1, -0.05) is 12.7 Å². The van der Waals surface area contributed by atoms with Crippen LogP contribution in [0.4, 0.5) is 0 Å². The molecule has 12 nitrogen and oxygen atoms in total. The fourth-order valence-electron chi connectivity index (χ4n) is 2.22. The van der Waals surface area contributed by atoms with Crippen LogP contribution in [0.1, 0.15) is 73.6 Å². The van der Waals surface area contributed by atoms with Crippen molar-refractivity contribution < 1.29 is 19.1 Å². The van der Waals surface area contributed by atoms with E-state index in [2.05, 4.69) is 27.0 Å². The fourth-order valence-corrected chi connectivity index (χ4v) is 3.97. The van der Waals surface area contributed by atoms with Gasteiger partial charge in [0.2, 0.25) is 0 Å². The Labute approximate surface area is 302 Å². The highest BCUT2D eigenvalue weighted by Crippen LogP contribution is 2.26. The van der Waals surface area contributed by atoms with Crippen LogP contribution >= 0.6 is 66.5 Å². The van der Waals surface area contributed by atoms with Crippen LogP contribution in [0, 0.1) is 45.3 Å². The number of nitriles is 4. The summed E-state index contributed by atoms with van der Waals surface area (Å²) < 4.78 is 9.82. The molecule has 0 bridgehead atoms. The van der Waals surface area contributed by atoms with Crippen molar-refractivity contribution >= 4 is 91.1 Å². The van der Waals surface area contributed by atoms with Gasteiger partial charge in [0.15, 0.2) is 22.2 Å². The smallest absolute Gasteiger partial charge is 0.341 e. The van der Waals surface area contributed by atoms with Gasteiger partial charge in [0.05, 0.1) is 30.9 Å². The number of rotatable bonds is 16. The molecule has 0 saturated heterocycles. The lowest BCUT2D eigenvalue weighted by molar-refractivity contribution is -0.144. The molecule has 0 fully saturated rings. The number of halogens is 6. The van der Waals surface area contributed by atoms with E-state index in [0.717, 1.165) is 0 Å². The second-order valence-electron chi connectivity index (χ2n) is 10.7. The molecular formula is C26H38Cl6N8O4Si2. The van der Waals surface area contributed by atoms with E-state index in [1.165, 1.54) is 6.08 Å². The molecule has 0 aromatic carbocycles. The van der Waals surface area contributed by atoms with Gasteiger partial charge in [0.1, 0.15) is 6.61 Å². The molecular weight excluding hydrogens is 757 g/mol. The Kier molecular flexibility index (Phi) is 25.5. The summed E-state index contributed by atoms with van der Waals surface area (Å²) in [7, 11) is 0. The summed E-state index contributed by atoms with van der Waals surface area (Å²) in [5, 5.41) is 51.4. The maximum absolute atomic E-state index is 11.6. The molecule has 0 aliphatic rings. The normalized spacial score (nSPS) is 14.0. The minimum absolute atomic E-state index is 0.0151. The van der Waals surface area contributed by atoms with Gasteiger partial charge in [-0.05, 0) is 66.8 Å². The number of azo groups is 2. The van der Waals surface area contributed by atoms with Gasteiger partial charge in [0, 0.05) is 12.8 Å². The molecule has 0 amide bonds. The zero-order chi connectivity index (χ0) is 36.7. The van der Waals surface area contributed by atoms with Crippen molar-refractivity contribution in [2.75, 3.05) is 13.2 Å². The average molecular weight is 796 g/mol. The largest absolute Gasteiger partial charge is 0.466 e. The second-order valence-corrected chi connectivity index (χ2v) is 26.4. The molecule has 2 unspecified atom stereocenters. The number of carbonyl (C=O) groups excluding carboxylic acids is 2. The van der Waals surface area contributed by atoms with Crippen LogP contribution in [0.2, 0.25) is 6.04 Å². The quantitative estimate of drug-likeness (QED) is 0.0371. The summed E-state index contributed by atoms with van der Waals surface area (Å²) in [6.07, 6.45) is 2.36. The third-order valence-electron chi connectivity index (χ3n) is 4.93. The molecule has 20 heteroatoms. The van der Waals surface area contributed by atoms with Gasteiger partial charge in [0.25, 0.3) is 0 Å². The highest BCUT2D eigenvalue weighted by atomic mass is 35.8. The van der Waals surface area contributed by atoms with E-state index in [-0.39, 0.29) is 38.9 Å². The first kappa shape index (κ1) is 48.4. The van der Waals surface area contributed by atoms with E-state index >= 15 is 0 Å². The number of carbonyl (C=O) groups is 2. The maximum atomic E-state index is 11.6. The summed E-state index contributed by atoms with van der Waals surface area (Å²) in [4.78, 5) is 23.0. The van der Waals surface area contributed by atoms with Crippen molar-refractivity contribution in [2.24, 2.45) is 20.5 Å². The van der Waals surface area contributed by atoms with Crippen molar-refractivity contribution in [3.05, 3.63) is 12.7 Å². The molecule has 0 spiro atoms. The lowest BCUT2D eigenvalue weighted by Crippen LogP contribution is -2.23. The Bertz CT molecular complexity index is 1200. The Hall–Kier alpha value is -1.99. The number of hydrogen-bond donors (Lipinski definition) is 0. The summed E-state index contributed by atoms with van der Waals surface area (Å²) in [6, 6.07) is 5.63. The van der Waals surface area contributed by atoms with Crippen LogP contribution in [0.3, 0.4) is 0 Å². The van der Waals surface area contributed by atoms with E-state index in [1.54, 1.807) is 41.5 Å². The van der Waals surface area contributed by atoms with Crippen molar-refractivity contribution in [1.29, 1.82) is 21.0 Å². The molecule has 0 aliphatic heterocycles. The van der Waals surface area contributed by atoms with Crippen LogP contribution in [-0.4, -0.2) is 60.0 Å². The first-order valence-corrected chi connectivity index (χ1v) is 23.9. The summed E-state index contributed by atoms with van der Waals surface area (Å²) in [5.41, 5.74) is -4.32. The molecule has 0 radical (unpaired) electrons. The molecule has 256 valence electrons. The molecule has 0 N–H and O–H groups in total. The van der Waals surface area contributed by atoms with Gasteiger partial charge in [-0.2, -0.15) is 41.5 Å². The molecule has 0 aromatic rings. The van der Waals surface area contributed by atoms with Crippen LogP contribution in [0.15, 0.2) is 33.1 Å². The fraction of sp³-hybridized carbons (Fsp3) is 0.692. The predicted molar refractivity (Wildman–Crippen MR) is 185 cm³/mol. The minimum atomic E-state index is -2.69. The Balaban J connectivity index is -0.000000729. The highest BCUT2D eigenvalue weighted by Gasteiger charge is 2.28. The zero-order valence-electron chi connectivity index (χ0n) is 26.5. The Morgan fingerprint density at radius 1 is 0.761 bits per heavy atom. The predicted octanol–water partition coefficient (Wildman–Crippen LogP) is 8.34. The second kappa shape index (κ2) is 24.2. The molecule has 0 aliphatic carbocycles. The number of nitrogens with zero attached hydrogens (tertiary/aromatic N) is 8. The van der Waals surface area contributed by atoms with Gasteiger partial charge >= 0.3 is 24.7 Å². The Morgan fingerprint density at radius 3 is 1.43 bits per heavy atom. The zero-order valence-corrected chi connectivity index (χ0v) is 33.2. The van der Waals surface area contributed by atoms with Crippen molar-refractivity contribution in [1.82, 2.24) is 0 Å². The monoisotopic (exact) mass is 792 g/mol. The van der Waals surface area contributed by atoms with Gasteiger partial charge in [-0.25, -0.2) is 0 Å². The Morgan fingerprint density at radius 2 is 1.13 bits per heavy atom. The van der Waals surface area contributed by atoms with Crippen LogP contribution in [-0.2, 0) is 19.1 Å². The lowest BCUT2D eigenvalue weighted by atomic mass is 9.99. The summed E-state index contributed by atoms with van der Waals surface area (Å²) in [6.45, 7) is 11.5. The molecule has 0 saturated carbocycles. The van der Waals surface area contributed by atoms with Crippen molar-refractivity contribution in [2.45, 2.75) is 102 Å². The van der Waals surface area contributed by atoms with Crippen LogP contribution in [0.5, 0.6) is 0 Å². The third-order valence-corrected chi connectivity index (χ3v) is 7.55. The summed E-state index contributed by atoms with van der Waals surface area (Å²) in [5.74, 6) is -0.872. The van der Waals surface area contributed by atoms with Crippen molar-refractivity contribution in [3.8, 4) is 24.3 Å². The van der Waals surface area contributed by atoms with E-state index in [1.807, 2.05) is 24.3 Å². The third kappa shape index (κ3) is 30.7. The highest BCUT2D eigenvalue weighted by molar-refractivity contribution is 7.64. The van der Waals surface area contributed by atoms with E-state index in [9.17, 15) is 14.9 Å². The van der Waals surface area contributed by atoms with Crippen LogP contribution < -0.4 is 0 Å². The maximum Gasteiger partial charge on any atom is 0.341 e. The summed E-state index contributed by atoms with van der Waals surface area (Å²) >= 11 is 32.0. The minimum Gasteiger partial charge on any atom is -0.466 e. The standard InChI is InChI=1S/C13H19Cl3N4O2Si.C13H18N4O2.Cl3HSi/c1-12(2,9-17)19-20-13(3,10-18)6-5-11(21)22-7-4-8-23(14,15)16;1-5-8-19-11(18)6-7-13(4,10-15)17-16-12(2,3)9-14;1-4(2)3/h4-8H2,1-3H3;5H,1,6-8H2,2-4H3;4H. The van der Waals surface area contributed by atoms with E-state index in [4.69, 9.17) is 91.7 Å². The number of ether oxygens (including phenoxy) is 2. The first-order chi connectivity index (χ1) is 20.9. The molecule has 2 atom stereocenters. The average Bonchev–Trinajstić information content (AvgIpc) is 2.97. The van der Waals surface area contributed by atoms with Crippen molar-refractivity contribution in [3.63, 3.8) is 0 Å². The van der Waals surface area contributed by atoms with Gasteiger partial charge < -0.3 is 9.47 Å².